The molecule has 1 aliphatic carbocycles. The number of hydrogen-bond acceptors (Lipinski definition) is 4. The number of sulfonamides is 1. The number of rotatable bonds is 6. The fourth-order valence-electron chi connectivity index (χ4n) is 4.11. The molecule has 1 N–H and O–H groups in total. The summed E-state index contributed by atoms with van der Waals surface area (Å²) in [7, 11) is -3.99. The fraction of sp³-hybridized carbons (Fsp3) is 0.440. The van der Waals surface area contributed by atoms with Gasteiger partial charge in [0.25, 0.3) is 15.9 Å². The van der Waals surface area contributed by atoms with E-state index in [0.717, 1.165) is 35.7 Å². The Hall–Kier alpha value is -2.38. The number of aryl methyl sites for hydroxylation is 1. The SMILES string of the molecule is Cc1ccc(Cl)cc1N(CC(=O)NN=C1CCC(C(C)(C)C)CC1)S(=O)(=O)c1ccccc1. The third-order valence-corrected chi connectivity index (χ3v) is 8.19. The minimum atomic E-state index is -3.99. The van der Waals surface area contributed by atoms with Crippen LogP contribution in [0, 0.1) is 18.3 Å². The van der Waals surface area contributed by atoms with Crippen LogP contribution in [0.15, 0.2) is 58.5 Å². The molecule has 1 amide bonds. The predicted molar refractivity (Wildman–Crippen MR) is 134 cm³/mol. The number of hydrazone groups is 1. The average molecular weight is 490 g/mol. The molecule has 3 rings (SSSR count). The Labute approximate surface area is 202 Å². The lowest BCUT2D eigenvalue weighted by Crippen LogP contribution is -2.40. The van der Waals surface area contributed by atoms with Crippen molar-refractivity contribution in [2.24, 2.45) is 16.4 Å². The van der Waals surface area contributed by atoms with Gasteiger partial charge in [-0.25, -0.2) is 13.8 Å². The first-order chi connectivity index (χ1) is 15.5. The molecule has 0 saturated heterocycles. The first kappa shape index (κ1) is 25.2. The molecule has 0 bridgehead atoms. The van der Waals surface area contributed by atoms with Crippen molar-refractivity contribution in [3.05, 3.63) is 59.1 Å². The van der Waals surface area contributed by atoms with Gasteiger partial charge in [0, 0.05) is 10.7 Å². The molecule has 1 aliphatic rings. The van der Waals surface area contributed by atoms with Crippen molar-refractivity contribution in [1.82, 2.24) is 5.43 Å². The van der Waals surface area contributed by atoms with Crippen molar-refractivity contribution in [3.63, 3.8) is 0 Å². The second kappa shape index (κ2) is 10.3. The molecule has 0 aromatic heterocycles. The Morgan fingerprint density at radius 1 is 1.12 bits per heavy atom. The van der Waals surface area contributed by atoms with Gasteiger partial charge >= 0.3 is 0 Å². The summed E-state index contributed by atoms with van der Waals surface area (Å²) in [6.07, 6.45) is 3.74. The number of hydrogen-bond donors (Lipinski definition) is 1. The number of benzene rings is 2. The highest BCUT2D eigenvalue weighted by molar-refractivity contribution is 7.92. The number of nitrogens with one attached hydrogen (secondary N) is 1. The Morgan fingerprint density at radius 2 is 1.76 bits per heavy atom. The van der Waals surface area contributed by atoms with E-state index in [1.165, 1.54) is 12.1 Å². The van der Waals surface area contributed by atoms with Gasteiger partial charge in [-0.15, -0.1) is 0 Å². The summed E-state index contributed by atoms with van der Waals surface area (Å²) in [5.41, 5.74) is 4.83. The number of nitrogens with zero attached hydrogens (tertiary/aromatic N) is 2. The summed E-state index contributed by atoms with van der Waals surface area (Å²) in [5.74, 6) is 0.129. The molecule has 0 spiro atoms. The highest BCUT2D eigenvalue weighted by Gasteiger charge is 2.30. The van der Waals surface area contributed by atoms with Crippen LogP contribution in [0.4, 0.5) is 5.69 Å². The molecular weight excluding hydrogens is 458 g/mol. The van der Waals surface area contributed by atoms with Crippen LogP contribution < -0.4 is 9.73 Å². The summed E-state index contributed by atoms with van der Waals surface area (Å²) < 4.78 is 28.0. The summed E-state index contributed by atoms with van der Waals surface area (Å²) in [6, 6.07) is 13.0. The normalized spacial score (nSPS) is 16.9. The minimum absolute atomic E-state index is 0.101. The molecular formula is C25H32ClN3O3S. The first-order valence-electron chi connectivity index (χ1n) is 11.2. The molecule has 8 heteroatoms. The quantitative estimate of drug-likeness (QED) is 0.540. The lowest BCUT2D eigenvalue weighted by atomic mass is 9.72. The van der Waals surface area contributed by atoms with Crippen LogP contribution in [-0.4, -0.2) is 26.6 Å². The maximum Gasteiger partial charge on any atom is 0.264 e. The molecule has 6 nitrogen and oxygen atoms in total. The van der Waals surface area contributed by atoms with Crippen LogP contribution in [0.2, 0.25) is 5.02 Å². The van der Waals surface area contributed by atoms with Crippen LogP contribution in [0.1, 0.15) is 52.0 Å². The summed E-state index contributed by atoms with van der Waals surface area (Å²) in [6.45, 7) is 8.13. The van der Waals surface area contributed by atoms with Gasteiger partial charge in [0.1, 0.15) is 6.54 Å². The topological polar surface area (TPSA) is 78.8 Å². The van der Waals surface area contributed by atoms with Crippen molar-refractivity contribution < 1.29 is 13.2 Å². The average Bonchev–Trinajstić information content (AvgIpc) is 2.78. The van der Waals surface area contributed by atoms with E-state index in [0.29, 0.717) is 22.2 Å². The number of halogens is 1. The van der Waals surface area contributed by atoms with Gasteiger partial charge in [-0.05, 0) is 73.8 Å². The van der Waals surface area contributed by atoms with Crippen LogP contribution in [0.25, 0.3) is 0 Å². The smallest absolute Gasteiger partial charge is 0.264 e. The summed E-state index contributed by atoms with van der Waals surface area (Å²) >= 11 is 6.16. The third-order valence-electron chi connectivity index (χ3n) is 6.18. The molecule has 33 heavy (non-hydrogen) atoms. The fourth-order valence-corrected chi connectivity index (χ4v) is 5.77. The molecule has 1 saturated carbocycles. The van der Waals surface area contributed by atoms with E-state index in [1.807, 2.05) is 0 Å². The Kier molecular flexibility index (Phi) is 7.85. The zero-order valence-corrected chi connectivity index (χ0v) is 21.2. The minimum Gasteiger partial charge on any atom is -0.271 e. The molecule has 0 unspecified atom stereocenters. The first-order valence-corrected chi connectivity index (χ1v) is 13.0. The van der Waals surface area contributed by atoms with Crippen LogP contribution in [0.3, 0.4) is 0 Å². The van der Waals surface area contributed by atoms with Gasteiger partial charge in [0.05, 0.1) is 10.6 Å². The van der Waals surface area contributed by atoms with Crippen molar-refractivity contribution in [3.8, 4) is 0 Å². The van der Waals surface area contributed by atoms with E-state index < -0.39 is 22.5 Å². The molecule has 2 aromatic carbocycles. The maximum absolute atomic E-state index is 13.4. The van der Waals surface area contributed by atoms with Crippen LogP contribution in [0.5, 0.6) is 0 Å². The van der Waals surface area contributed by atoms with Gasteiger partial charge in [0.2, 0.25) is 0 Å². The molecule has 1 fully saturated rings. The zero-order valence-electron chi connectivity index (χ0n) is 19.6. The van der Waals surface area contributed by atoms with E-state index >= 15 is 0 Å². The Morgan fingerprint density at radius 3 is 2.36 bits per heavy atom. The second-order valence-electron chi connectivity index (χ2n) is 9.61. The summed E-state index contributed by atoms with van der Waals surface area (Å²) in [5, 5.41) is 4.70. The van der Waals surface area contributed by atoms with E-state index in [-0.39, 0.29) is 10.3 Å². The van der Waals surface area contributed by atoms with Gasteiger partial charge in [-0.3, -0.25) is 9.10 Å². The number of anilines is 1. The Bertz CT molecular complexity index is 1120. The standard InChI is InChI=1S/C25H32ClN3O3S/c1-18-10-13-20(26)16-23(18)29(33(31,32)22-8-6-5-7-9-22)17-24(30)28-27-21-14-11-19(12-15-21)25(2,3)4/h5-10,13,16,19H,11-12,14-15,17H2,1-4H3,(H,28,30). The van der Waals surface area contributed by atoms with Gasteiger partial charge in [0.15, 0.2) is 0 Å². The predicted octanol–water partition coefficient (Wildman–Crippen LogP) is 5.55. The molecule has 178 valence electrons. The van der Waals surface area contributed by atoms with Crippen molar-refractivity contribution in [2.75, 3.05) is 10.8 Å². The highest BCUT2D eigenvalue weighted by atomic mass is 35.5. The van der Waals surface area contributed by atoms with Crippen molar-refractivity contribution >= 4 is 38.9 Å². The maximum atomic E-state index is 13.4. The molecule has 0 aliphatic heterocycles. The van der Waals surface area contributed by atoms with E-state index in [1.54, 1.807) is 43.3 Å². The van der Waals surface area contributed by atoms with Crippen molar-refractivity contribution in [1.29, 1.82) is 0 Å². The van der Waals surface area contributed by atoms with Gasteiger partial charge in [-0.2, -0.15) is 5.10 Å². The van der Waals surface area contributed by atoms with E-state index in [4.69, 9.17) is 11.6 Å². The lowest BCUT2D eigenvalue weighted by Gasteiger charge is -2.34. The highest BCUT2D eigenvalue weighted by Crippen LogP contribution is 2.36. The zero-order chi connectivity index (χ0) is 24.2. The number of carbonyl (C=O) groups is 1. The van der Waals surface area contributed by atoms with Gasteiger partial charge in [-0.1, -0.05) is 56.6 Å². The summed E-state index contributed by atoms with van der Waals surface area (Å²) in [4.78, 5) is 12.9. The largest absolute Gasteiger partial charge is 0.271 e. The molecule has 0 heterocycles. The third kappa shape index (κ3) is 6.36. The van der Waals surface area contributed by atoms with Crippen LogP contribution >= 0.6 is 11.6 Å². The number of amides is 1. The Balaban J connectivity index is 1.80. The molecule has 2 aromatic rings. The van der Waals surface area contributed by atoms with Crippen LogP contribution in [-0.2, 0) is 14.8 Å². The number of carbonyl (C=O) groups excluding carboxylic acids is 1. The molecule has 0 atom stereocenters. The van der Waals surface area contributed by atoms with E-state index in [9.17, 15) is 13.2 Å². The molecule has 0 radical (unpaired) electrons. The lowest BCUT2D eigenvalue weighted by molar-refractivity contribution is -0.119. The van der Waals surface area contributed by atoms with Gasteiger partial charge < -0.3 is 0 Å². The van der Waals surface area contributed by atoms with Crippen molar-refractivity contribution in [2.45, 2.75) is 58.3 Å². The monoisotopic (exact) mass is 489 g/mol. The second-order valence-corrected chi connectivity index (χ2v) is 11.9. The van der Waals surface area contributed by atoms with E-state index in [2.05, 4.69) is 31.3 Å².